The summed E-state index contributed by atoms with van der Waals surface area (Å²) < 4.78 is 33.6. The molecule has 1 aliphatic heterocycles. The number of benzene rings is 1. The van der Waals surface area contributed by atoms with Crippen LogP contribution >= 0.6 is 11.3 Å². The topological polar surface area (TPSA) is 123 Å². The van der Waals surface area contributed by atoms with Crippen LogP contribution in [0.15, 0.2) is 40.2 Å². The van der Waals surface area contributed by atoms with Crippen LogP contribution in [-0.2, 0) is 20.8 Å². The van der Waals surface area contributed by atoms with Crippen LogP contribution in [0.5, 0.6) is 5.75 Å². The van der Waals surface area contributed by atoms with Crippen LogP contribution in [0.3, 0.4) is 0 Å². The van der Waals surface area contributed by atoms with Crippen molar-refractivity contribution in [1.29, 1.82) is 0 Å². The molecular formula is C26H29FN6O6S. The van der Waals surface area contributed by atoms with E-state index in [2.05, 4.69) is 10.2 Å². The zero-order valence-electron chi connectivity index (χ0n) is 22.5. The van der Waals surface area contributed by atoms with Crippen molar-refractivity contribution >= 4 is 27.5 Å². The molecule has 1 aliphatic rings. The first-order valence-corrected chi connectivity index (χ1v) is 13.4. The first-order chi connectivity index (χ1) is 19.3. The lowest BCUT2D eigenvalue weighted by atomic mass is 10.1. The molecule has 0 spiro atoms. The summed E-state index contributed by atoms with van der Waals surface area (Å²) in [6, 6.07) is 3.11. The van der Waals surface area contributed by atoms with Crippen LogP contribution in [-0.4, -0.2) is 76.0 Å². The minimum Gasteiger partial charge on any atom is -0.496 e. The zero-order chi connectivity index (χ0) is 28.6. The van der Waals surface area contributed by atoms with Crippen molar-refractivity contribution < 1.29 is 23.4 Å². The fourth-order valence-corrected chi connectivity index (χ4v) is 6.20. The number of ether oxygens (including phenoxy) is 3. The highest BCUT2D eigenvalue weighted by atomic mass is 32.1. The first kappa shape index (κ1) is 27.7. The Kier molecular flexibility index (Phi) is 7.83. The molecular weight excluding hydrogens is 543 g/mol. The molecule has 40 heavy (non-hydrogen) atoms. The summed E-state index contributed by atoms with van der Waals surface area (Å²) in [6.45, 7) is 2.48. The summed E-state index contributed by atoms with van der Waals surface area (Å²) in [5.74, 6) is -0.443. The van der Waals surface area contributed by atoms with E-state index in [-0.39, 0.29) is 31.1 Å². The Balaban J connectivity index is 1.75. The predicted molar refractivity (Wildman–Crippen MR) is 145 cm³/mol. The number of aryl methyl sites for hydroxylation is 1. The number of methoxy groups -OCH3 is 2. The monoisotopic (exact) mass is 572 g/mol. The van der Waals surface area contributed by atoms with Gasteiger partial charge in [-0.2, -0.15) is 10.2 Å². The average molecular weight is 573 g/mol. The molecule has 5 rings (SSSR count). The highest BCUT2D eigenvalue weighted by Gasteiger charge is 2.35. The summed E-state index contributed by atoms with van der Waals surface area (Å²) in [5.41, 5.74) is -0.265. The minimum atomic E-state index is -0.942. The Morgan fingerprint density at radius 2 is 1.90 bits per heavy atom. The number of hydrogen-bond donors (Lipinski definition) is 0. The van der Waals surface area contributed by atoms with Crippen molar-refractivity contribution in [3.8, 4) is 10.8 Å². The van der Waals surface area contributed by atoms with Crippen molar-refractivity contribution in [3.05, 3.63) is 68.4 Å². The van der Waals surface area contributed by atoms with Gasteiger partial charge in [0.05, 0.1) is 44.6 Å². The van der Waals surface area contributed by atoms with E-state index in [1.807, 2.05) is 0 Å². The Hall–Kier alpha value is -3.88. The maximum atomic E-state index is 14.4. The van der Waals surface area contributed by atoms with Crippen molar-refractivity contribution in [2.45, 2.75) is 32.0 Å². The number of nitrogens with zero attached hydrogens (tertiary/aromatic N) is 6. The van der Waals surface area contributed by atoms with Crippen LogP contribution in [0, 0.1) is 12.7 Å². The van der Waals surface area contributed by atoms with Crippen molar-refractivity contribution in [1.82, 2.24) is 29.0 Å². The number of halogens is 1. The summed E-state index contributed by atoms with van der Waals surface area (Å²) in [5, 5.41) is 9.23. The molecule has 0 unspecified atom stereocenters. The van der Waals surface area contributed by atoms with E-state index in [0.717, 1.165) is 4.57 Å². The van der Waals surface area contributed by atoms with E-state index in [4.69, 9.17) is 14.2 Å². The SMILES string of the molecule is COCCO[C@@H](Cn1c(=O)n([C@@H]2CCN(C)C2=O)c(=O)c2c(C)c(-n3nccn3)sc21)c1cc(F)ccc1OC. The number of thiophene rings is 1. The van der Waals surface area contributed by atoms with Crippen LogP contribution < -0.4 is 16.0 Å². The molecule has 0 radical (unpaired) electrons. The maximum Gasteiger partial charge on any atom is 0.332 e. The summed E-state index contributed by atoms with van der Waals surface area (Å²) in [7, 11) is 4.62. The summed E-state index contributed by atoms with van der Waals surface area (Å²) in [6.07, 6.45) is 2.48. The molecule has 1 saturated heterocycles. The highest BCUT2D eigenvalue weighted by molar-refractivity contribution is 7.21. The highest BCUT2D eigenvalue weighted by Crippen LogP contribution is 2.34. The van der Waals surface area contributed by atoms with Gasteiger partial charge in [-0.3, -0.25) is 14.2 Å². The van der Waals surface area contributed by atoms with Gasteiger partial charge in [0, 0.05) is 31.8 Å². The molecule has 0 N–H and O–H groups in total. The second-order valence-corrected chi connectivity index (χ2v) is 10.4. The van der Waals surface area contributed by atoms with Gasteiger partial charge in [0.1, 0.15) is 33.5 Å². The van der Waals surface area contributed by atoms with Gasteiger partial charge in [0.2, 0.25) is 5.91 Å². The average Bonchev–Trinajstić information content (AvgIpc) is 3.66. The third kappa shape index (κ3) is 4.82. The predicted octanol–water partition coefficient (Wildman–Crippen LogP) is 2.07. The van der Waals surface area contributed by atoms with E-state index in [1.54, 1.807) is 14.0 Å². The number of carbonyl (C=O) groups is 1. The lowest BCUT2D eigenvalue weighted by Gasteiger charge is -2.23. The number of fused-ring (bicyclic) bond motifs is 1. The minimum absolute atomic E-state index is 0.0954. The van der Waals surface area contributed by atoms with Gasteiger partial charge in [-0.1, -0.05) is 11.3 Å². The van der Waals surface area contributed by atoms with Gasteiger partial charge in [-0.05, 0) is 31.5 Å². The largest absolute Gasteiger partial charge is 0.496 e. The van der Waals surface area contributed by atoms with Crippen molar-refractivity contribution in [3.63, 3.8) is 0 Å². The van der Waals surface area contributed by atoms with E-state index < -0.39 is 29.2 Å². The van der Waals surface area contributed by atoms with E-state index >= 15 is 0 Å². The molecule has 0 aliphatic carbocycles. The number of likely N-dealkylation sites (tertiary alicyclic amines) is 1. The Morgan fingerprint density at radius 3 is 2.55 bits per heavy atom. The smallest absolute Gasteiger partial charge is 0.332 e. The molecule has 1 aromatic carbocycles. The molecule has 14 heteroatoms. The number of carbonyl (C=O) groups excluding carboxylic acids is 1. The summed E-state index contributed by atoms with van der Waals surface area (Å²) in [4.78, 5) is 44.2. The first-order valence-electron chi connectivity index (χ1n) is 12.6. The van der Waals surface area contributed by atoms with Crippen molar-refractivity contribution in [2.75, 3.05) is 41.0 Å². The summed E-state index contributed by atoms with van der Waals surface area (Å²) >= 11 is 1.17. The molecule has 4 aromatic rings. The molecule has 0 saturated carbocycles. The molecule has 2 atom stereocenters. The number of amides is 1. The normalized spacial score (nSPS) is 16.3. The quantitative estimate of drug-likeness (QED) is 0.265. The van der Waals surface area contributed by atoms with E-state index in [1.165, 1.54) is 70.4 Å². The van der Waals surface area contributed by atoms with Crippen LogP contribution in [0.1, 0.15) is 29.7 Å². The second-order valence-electron chi connectivity index (χ2n) is 9.40. The molecule has 1 fully saturated rings. The molecule has 0 bridgehead atoms. The van der Waals surface area contributed by atoms with Gasteiger partial charge in [-0.15, -0.1) is 4.80 Å². The Bertz CT molecular complexity index is 1660. The zero-order valence-corrected chi connectivity index (χ0v) is 23.3. The maximum absolute atomic E-state index is 14.4. The van der Waals surface area contributed by atoms with E-state index in [9.17, 15) is 18.8 Å². The van der Waals surface area contributed by atoms with Gasteiger partial charge in [-0.25, -0.2) is 13.8 Å². The molecule has 4 heterocycles. The number of rotatable bonds is 10. The third-order valence-corrected chi connectivity index (χ3v) is 8.30. The number of likely N-dealkylation sites (N-methyl/N-ethyl adjacent to an activating group) is 1. The fourth-order valence-electron chi connectivity index (χ4n) is 4.98. The Labute approximate surface area is 232 Å². The van der Waals surface area contributed by atoms with Gasteiger partial charge < -0.3 is 19.1 Å². The third-order valence-electron chi connectivity index (χ3n) is 7.02. The Morgan fingerprint density at radius 1 is 1.15 bits per heavy atom. The van der Waals surface area contributed by atoms with Gasteiger partial charge in [0.15, 0.2) is 0 Å². The van der Waals surface area contributed by atoms with Crippen molar-refractivity contribution in [2.24, 2.45) is 0 Å². The van der Waals surface area contributed by atoms with Crippen LogP contribution in [0.4, 0.5) is 4.39 Å². The van der Waals surface area contributed by atoms with Gasteiger partial charge in [0.25, 0.3) is 5.56 Å². The number of hydrogen-bond acceptors (Lipinski definition) is 9. The molecule has 1 amide bonds. The van der Waals surface area contributed by atoms with E-state index in [0.29, 0.717) is 39.7 Å². The lowest BCUT2D eigenvalue weighted by Crippen LogP contribution is -2.44. The lowest BCUT2D eigenvalue weighted by molar-refractivity contribution is -0.129. The van der Waals surface area contributed by atoms with Crippen LogP contribution in [0.2, 0.25) is 0 Å². The van der Waals surface area contributed by atoms with Crippen LogP contribution in [0.25, 0.3) is 15.2 Å². The fraction of sp³-hybridized carbons (Fsp3) is 0.423. The second kappa shape index (κ2) is 11.3. The standard InChI is InChI=1S/C26H29FN6O6S/c1-15-21-23(35)32(18-7-10-30(2)22(18)34)26(36)31(25(21)40-24(15)33-28-8-9-29-33)14-20(39-12-11-37-3)17-13-16(27)5-6-19(17)38-4/h5-6,8-9,13,18,20H,7,10-12,14H2,1-4H3/t18-,20+/m1/s1. The molecule has 212 valence electrons. The number of aromatic nitrogens is 5. The molecule has 3 aromatic heterocycles. The molecule has 12 nitrogen and oxygen atoms in total. The van der Waals surface area contributed by atoms with Gasteiger partial charge >= 0.3 is 5.69 Å².